The molecular formula is C14H26N2O. The summed E-state index contributed by atoms with van der Waals surface area (Å²) in [6, 6.07) is 0.776. The monoisotopic (exact) mass is 238 g/mol. The molecule has 3 fully saturated rings. The zero-order valence-corrected chi connectivity index (χ0v) is 11.0. The summed E-state index contributed by atoms with van der Waals surface area (Å²) in [5.41, 5.74) is 5.56. The van der Waals surface area contributed by atoms with Crippen molar-refractivity contribution in [3.63, 3.8) is 0 Å². The van der Waals surface area contributed by atoms with Crippen molar-refractivity contribution < 1.29 is 5.11 Å². The van der Waals surface area contributed by atoms with Crippen molar-refractivity contribution in [1.82, 2.24) is 4.90 Å². The molecule has 3 rings (SSSR count). The van der Waals surface area contributed by atoms with Crippen molar-refractivity contribution in [2.24, 2.45) is 17.1 Å². The predicted molar refractivity (Wildman–Crippen MR) is 68.7 cm³/mol. The maximum Gasteiger partial charge on any atom is 0.0854 e. The summed E-state index contributed by atoms with van der Waals surface area (Å²) < 4.78 is 0. The molecule has 2 saturated carbocycles. The molecule has 1 aliphatic heterocycles. The van der Waals surface area contributed by atoms with Gasteiger partial charge in [0.05, 0.1) is 5.60 Å². The van der Waals surface area contributed by atoms with E-state index in [1.807, 2.05) is 0 Å². The van der Waals surface area contributed by atoms with Crippen LogP contribution < -0.4 is 5.73 Å². The van der Waals surface area contributed by atoms with Crippen LogP contribution >= 0.6 is 0 Å². The molecule has 0 aromatic heterocycles. The fourth-order valence-corrected chi connectivity index (χ4v) is 4.20. The molecule has 0 spiro atoms. The van der Waals surface area contributed by atoms with Crippen molar-refractivity contribution in [3.8, 4) is 0 Å². The van der Waals surface area contributed by atoms with Crippen molar-refractivity contribution in [1.29, 1.82) is 0 Å². The number of hydrogen-bond acceptors (Lipinski definition) is 3. The summed E-state index contributed by atoms with van der Waals surface area (Å²) in [5, 5.41) is 11.1. The van der Waals surface area contributed by atoms with E-state index in [4.69, 9.17) is 5.73 Å². The molecule has 3 unspecified atom stereocenters. The minimum absolute atomic E-state index is 0.00998. The summed E-state index contributed by atoms with van der Waals surface area (Å²) >= 11 is 0. The van der Waals surface area contributed by atoms with Gasteiger partial charge in [-0.25, -0.2) is 0 Å². The first-order valence-electron chi connectivity index (χ1n) is 7.25. The molecule has 17 heavy (non-hydrogen) atoms. The molecule has 1 saturated heterocycles. The second kappa shape index (κ2) is 3.94. The Morgan fingerprint density at radius 3 is 2.59 bits per heavy atom. The molecule has 0 aromatic rings. The highest BCUT2D eigenvalue weighted by molar-refractivity contribution is 5.09. The van der Waals surface area contributed by atoms with Crippen LogP contribution in [-0.2, 0) is 0 Å². The SMILES string of the molecule is CC1CCC(CN)(C2(O)CCN(C3CC3)C2)C1. The molecule has 3 N–H and O–H groups in total. The van der Waals surface area contributed by atoms with Crippen molar-refractivity contribution in [3.05, 3.63) is 0 Å². The third-order valence-corrected chi connectivity index (χ3v) is 5.57. The normalized spacial score (nSPS) is 47.8. The Morgan fingerprint density at radius 2 is 2.06 bits per heavy atom. The summed E-state index contributed by atoms with van der Waals surface area (Å²) in [7, 11) is 0. The Balaban J connectivity index is 1.77. The van der Waals surface area contributed by atoms with Gasteiger partial charge in [0.25, 0.3) is 0 Å². The van der Waals surface area contributed by atoms with E-state index in [-0.39, 0.29) is 5.41 Å². The van der Waals surface area contributed by atoms with Crippen LogP contribution in [0.3, 0.4) is 0 Å². The largest absolute Gasteiger partial charge is 0.388 e. The van der Waals surface area contributed by atoms with Crippen LogP contribution in [0.15, 0.2) is 0 Å². The number of likely N-dealkylation sites (tertiary alicyclic amines) is 1. The summed E-state index contributed by atoms with van der Waals surface area (Å²) in [6.07, 6.45) is 7.10. The van der Waals surface area contributed by atoms with Gasteiger partial charge in [-0.1, -0.05) is 13.3 Å². The second-order valence-electron chi connectivity index (χ2n) is 6.82. The van der Waals surface area contributed by atoms with E-state index in [0.717, 1.165) is 44.3 Å². The smallest absolute Gasteiger partial charge is 0.0854 e. The Kier molecular flexibility index (Phi) is 2.77. The lowest BCUT2D eigenvalue weighted by Gasteiger charge is -2.42. The van der Waals surface area contributed by atoms with Crippen LogP contribution in [0.1, 0.15) is 45.4 Å². The lowest BCUT2D eigenvalue weighted by Crippen LogP contribution is -2.53. The molecule has 2 aliphatic carbocycles. The van der Waals surface area contributed by atoms with Gasteiger partial charge in [-0.15, -0.1) is 0 Å². The highest BCUT2D eigenvalue weighted by Crippen LogP contribution is 2.52. The highest BCUT2D eigenvalue weighted by atomic mass is 16.3. The summed E-state index contributed by atoms with van der Waals surface area (Å²) in [5.74, 6) is 0.734. The number of nitrogens with two attached hydrogens (primary N) is 1. The van der Waals surface area contributed by atoms with Crippen LogP contribution in [0.25, 0.3) is 0 Å². The first-order valence-corrected chi connectivity index (χ1v) is 7.25. The lowest BCUT2D eigenvalue weighted by molar-refractivity contribution is -0.0708. The van der Waals surface area contributed by atoms with Gasteiger partial charge in [0, 0.05) is 31.1 Å². The topological polar surface area (TPSA) is 49.5 Å². The van der Waals surface area contributed by atoms with Gasteiger partial charge in [0.15, 0.2) is 0 Å². The zero-order valence-electron chi connectivity index (χ0n) is 11.0. The number of nitrogens with zero attached hydrogens (tertiary/aromatic N) is 1. The zero-order chi connectivity index (χ0) is 12.1. The third kappa shape index (κ3) is 1.83. The van der Waals surface area contributed by atoms with E-state index in [1.165, 1.54) is 19.3 Å². The molecular weight excluding hydrogens is 212 g/mol. The number of hydrogen-bond donors (Lipinski definition) is 2. The van der Waals surface area contributed by atoms with Gasteiger partial charge >= 0.3 is 0 Å². The van der Waals surface area contributed by atoms with Crippen LogP contribution in [0.2, 0.25) is 0 Å². The average Bonchev–Trinajstić information content (AvgIpc) is 2.97. The third-order valence-electron chi connectivity index (χ3n) is 5.57. The number of aliphatic hydroxyl groups is 1. The Morgan fingerprint density at radius 1 is 1.29 bits per heavy atom. The Hall–Kier alpha value is -0.120. The number of rotatable bonds is 3. The standard InChI is InChI=1S/C14H26N2O/c1-11-4-5-13(8-11,9-15)14(17)6-7-16(10-14)12-2-3-12/h11-12,17H,2-10,15H2,1H3. The minimum atomic E-state index is -0.505. The minimum Gasteiger partial charge on any atom is -0.388 e. The quantitative estimate of drug-likeness (QED) is 0.780. The lowest BCUT2D eigenvalue weighted by atomic mass is 9.69. The molecule has 0 amide bonds. The molecule has 3 aliphatic rings. The maximum absolute atomic E-state index is 11.1. The molecule has 98 valence electrons. The maximum atomic E-state index is 11.1. The fourth-order valence-electron chi connectivity index (χ4n) is 4.20. The van der Waals surface area contributed by atoms with Crippen LogP contribution in [0.4, 0.5) is 0 Å². The van der Waals surface area contributed by atoms with Gasteiger partial charge in [-0.2, -0.15) is 0 Å². The highest BCUT2D eigenvalue weighted by Gasteiger charge is 2.56. The molecule has 3 heteroatoms. The molecule has 1 heterocycles. The van der Waals surface area contributed by atoms with E-state index in [9.17, 15) is 5.11 Å². The first kappa shape index (κ1) is 11.9. The van der Waals surface area contributed by atoms with Gasteiger partial charge in [0.1, 0.15) is 0 Å². The van der Waals surface area contributed by atoms with Crippen LogP contribution in [-0.4, -0.2) is 41.3 Å². The van der Waals surface area contributed by atoms with E-state index < -0.39 is 5.60 Å². The van der Waals surface area contributed by atoms with E-state index >= 15 is 0 Å². The molecule has 3 nitrogen and oxygen atoms in total. The predicted octanol–water partition coefficient (Wildman–Crippen LogP) is 1.35. The Bertz CT molecular complexity index is 305. The van der Waals surface area contributed by atoms with Gasteiger partial charge in [-0.05, 0) is 38.0 Å². The van der Waals surface area contributed by atoms with E-state index in [2.05, 4.69) is 11.8 Å². The fraction of sp³-hybridized carbons (Fsp3) is 1.00. The summed E-state index contributed by atoms with van der Waals surface area (Å²) in [4.78, 5) is 2.50. The number of β-amino-alcohol motifs (C(OH)–C–C–N with tert-alkyl or cyclic N) is 1. The molecule has 3 atom stereocenters. The van der Waals surface area contributed by atoms with Crippen LogP contribution in [0, 0.1) is 11.3 Å². The molecule has 0 aromatic carbocycles. The van der Waals surface area contributed by atoms with Crippen molar-refractivity contribution in [2.45, 2.75) is 57.1 Å². The van der Waals surface area contributed by atoms with Crippen LogP contribution in [0.5, 0.6) is 0 Å². The Labute approximate surface area is 104 Å². The van der Waals surface area contributed by atoms with Gasteiger partial charge in [0.2, 0.25) is 0 Å². The first-order chi connectivity index (χ1) is 8.09. The van der Waals surface area contributed by atoms with Gasteiger partial charge in [-0.3, -0.25) is 4.90 Å². The van der Waals surface area contributed by atoms with E-state index in [1.54, 1.807) is 0 Å². The summed E-state index contributed by atoms with van der Waals surface area (Å²) in [6.45, 7) is 4.92. The molecule has 0 bridgehead atoms. The second-order valence-corrected chi connectivity index (χ2v) is 6.82. The molecule has 0 radical (unpaired) electrons. The van der Waals surface area contributed by atoms with Gasteiger partial charge < -0.3 is 10.8 Å². The average molecular weight is 238 g/mol. The van der Waals surface area contributed by atoms with Crippen molar-refractivity contribution >= 4 is 0 Å². The van der Waals surface area contributed by atoms with E-state index in [0.29, 0.717) is 6.54 Å². The van der Waals surface area contributed by atoms with Crippen molar-refractivity contribution in [2.75, 3.05) is 19.6 Å².